The zero-order chi connectivity index (χ0) is 16.9. The Morgan fingerprint density at radius 2 is 1.88 bits per heavy atom. The molecule has 2 heterocycles. The van der Waals surface area contributed by atoms with Crippen LogP contribution in [0.5, 0.6) is 0 Å². The van der Waals surface area contributed by atoms with Crippen molar-refractivity contribution in [1.29, 1.82) is 0 Å². The van der Waals surface area contributed by atoms with Gasteiger partial charge in [0, 0.05) is 46.1 Å². The van der Waals surface area contributed by atoms with E-state index in [9.17, 15) is 4.79 Å². The van der Waals surface area contributed by atoms with Crippen molar-refractivity contribution in [1.82, 2.24) is 4.98 Å². The third kappa shape index (κ3) is 3.76. The van der Waals surface area contributed by atoms with Gasteiger partial charge in [-0.1, -0.05) is 42.5 Å². The number of halogens is 1. The second-order valence-corrected chi connectivity index (χ2v) is 6.37. The highest BCUT2D eigenvalue weighted by Gasteiger charge is 2.19. The molecule has 0 N–H and O–H groups in total. The minimum Gasteiger partial charge on any atom is -0.264 e. The number of carbonyl (C=O) groups excluding carboxylic acids is 1. The van der Waals surface area contributed by atoms with E-state index < -0.39 is 0 Å². The first-order valence-corrected chi connectivity index (χ1v) is 8.63. The maximum atomic E-state index is 12.0. The highest BCUT2D eigenvalue weighted by atomic mass is 127. The molecule has 2 aromatic heterocycles. The fourth-order valence-corrected chi connectivity index (χ4v) is 3.20. The van der Waals surface area contributed by atoms with E-state index in [0.717, 1.165) is 26.0 Å². The lowest BCUT2D eigenvalue weighted by atomic mass is 10.1. The molecule has 24 heavy (non-hydrogen) atoms. The van der Waals surface area contributed by atoms with Gasteiger partial charge in [-0.25, -0.2) is 4.79 Å². The Morgan fingerprint density at radius 1 is 1.08 bits per heavy atom. The summed E-state index contributed by atoms with van der Waals surface area (Å²) in [5.74, 6) is -0.0144. The monoisotopic (exact) mass is 427 g/mol. The van der Waals surface area contributed by atoms with Crippen LogP contribution in [0.1, 0.15) is 22.8 Å². The van der Waals surface area contributed by atoms with Crippen molar-refractivity contribution >= 4 is 40.7 Å². The fraction of sp³-hybridized carbons (Fsp3) is 0.0500. The van der Waals surface area contributed by atoms with Crippen molar-refractivity contribution in [3.63, 3.8) is 0 Å². The van der Waals surface area contributed by atoms with Crippen molar-refractivity contribution in [3.05, 3.63) is 81.9 Å². The lowest BCUT2D eigenvalue weighted by Crippen LogP contribution is -2.44. The van der Waals surface area contributed by atoms with Gasteiger partial charge in [0.15, 0.2) is 6.20 Å². The molecule has 0 aliphatic heterocycles. The Bertz CT molecular complexity index is 890. The molecule has 0 radical (unpaired) electrons. The van der Waals surface area contributed by atoms with Crippen LogP contribution in [0.25, 0.3) is 23.3 Å². The third-order valence-electron chi connectivity index (χ3n) is 3.62. The molecule has 118 valence electrons. The molecule has 0 bridgehead atoms. The Morgan fingerprint density at radius 3 is 2.54 bits per heavy atom. The molecule has 3 nitrogen and oxygen atoms in total. The van der Waals surface area contributed by atoms with Crippen LogP contribution in [0.15, 0.2) is 67.1 Å². The first-order chi connectivity index (χ1) is 11.6. The topological polar surface area (TPSA) is 33.8 Å². The largest absolute Gasteiger partial charge is 0.389 e. The molecule has 0 fully saturated rings. The number of aromatic nitrogens is 2. The van der Waals surface area contributed by atoms with Gasteiger partial charge in [0.2, 0.25) is 0 Å². The van der Waals surface area contributed by atoms with Crippen molar-refractivity contribution in [2.75, 3.05) is 0 Å². The van der Waals surface area contributed by atoms with E-state index in [0.29, 0.717) is 0 Å². The Kier molecular flexibility index (Phi) is 5.15. The van der Waals surface area contributed by atoms with Gasteiger partial charge in [-0.2, -0.15) is 0 Å². The standard InChI is InChI=1S/C20H16IN2O/c1-15(24)23-14-19(18-8-5-11-22-13-18)12-17(20(23)21)10-9-16-6-3-2-4-7-16/h2-14H,1H3/q+1/b10-9+. The minimum absolute atomic E-state index is 0.0144. The van der Waals surface area contributed by atoms with Crippen molar-refractivity contribution in [3.8, 4) is 11.1 Å². The second-order valence-electron chi connectivity index (χ2n) is 5.35. The minimum atomic E-state index is -0.0144. The normalized spacial score (nSPS) is 10.9. The van der Waals surface area contributed by atoms with E-state index in [1.165, 1.54) is 0 Å². The Hall–Kier alpha value is -2.34. The molecule has 0 aliphatic carbocycles. The van der Waals surface area contributed by atoms with E-state index in [4.69, 9.17) is 0 Å². The van der Waals surface area contributed by atoms with Crippen LogP contribution in [0.4, 0.5) is 0 Å². The highest BCUT2D eigenvalue weighted by Crippen LogP contribution is 2.22. The maximum Gasteiger partial charge on any atom is 0.389 e. The van der Waals surface area contributed by atoms with E-state index in [1.807, 2.05) is 54.7 Å². The summed E-state index contributed by atoms with van der Waals surface area (Å²) in [4.78, 5) is 16.2. The van der Waals surface area contributed by atoms with Gasteiger partial charge >= 0.3 is 5.91 Å². The summed E-state index contributed by atoms with van der Waals surface area (Å²) in [5.41, 5.74) is 4.06. The molecule has 1 aromatic carbocycles. The molecule has 0 saturated carbocycles. The van der Waals surface area contributed by atoms with Gasteiger partial charge in [0.05, 0.1) is 12.5 Å². The molecule has 3 aromatic rings. The van der Waals surface area contributed by atoms with E-state index >= 15 is 0 Å². The summed E-state index contributed by atoms with van der Waals surface area (Å²) < 4.78 is 2.56. The van der Waals surface area contributed by atoms with Gasteiger partial charge in [-0.05, 0) is 23.8 Å². The van der Waals surface area contributed by atoms with E-state index in [1.54, 1.807) is 23.9 Å². The summed E-state index contributed by atoms with van der Waals surface area (Å²) in [7, 11) is 0. The molecule has 0 saturated heterocycles. The molecule has 0 unspecified atom stereocenters. The van der Waals surface area contributed by atoms with Crippen LogP contribution in [0.3, 0.4) is 0 Å². The van der Waals surface area contributed by atoms with Gasteiger partial charge in [0.25, 0.3) is 3.70 Å². The molecule has 3 rings (SSSR count). The first kappa shape index (κ1) is 16.5. The zero-order valence-electron chi connectivity index (χ0n) is 13.2. The summed E-state index contributed by atoms with van der Waals surface area (Å²) in [6, 6.07) is 16.1. The lowest BCUT2D eigenvalue weighted by molar-refractivity contribution is -0.586. The third-order valence-corrected chi connectivity index (χ3v) is 4.76. The molecule has 0 aliphatic rings. The van der Waals surface area contributed by atoms with Gasteiger partial charge < -0.3 is 0 Å². The van der Waals surface area contributed by atoms with Gasteiger partial charge in [-0.15, -0.1) is 4.57 Å². The summed E-state index contributed by atoms with van der Waals surface area (Å²) >= 11 is 2.21. The SMILES string of the molecule is CC(=O)[n+]1cc(-c2cccnc2)cc(/C=C/c2ccccc2)c1I. The van der Waals surface area contributed by atoms with Crippen molar-refractivity contribution < 1.29 is 9.36 Å². The van der Waals surface area contributed by atoms with Crippen LogP contribution >= 0.6 is 22.6 Å². The average molecular weight is 427 g/mol. The molecular formula is C20H16IN2O+. The molecule has 4 heteroatoms. The quantitative estimate of drug-likeness (QED) is 0.351. The van der Waals surface area contributed by atoms with Crippen LogP contribution in [0.2, 0.25) is 0 Å². The number of hydrogen-bond acceptors (Lipinski definition) is 2. The number of hydrogen-bond donors (Lipinski definition) is 0. The predicted molar refractivity (Wildman–Crippen MR) is 104 cm³/mol. The molecular weight excluding hydrogens is 411 g/mol. The Labute approximate surface area is 154 Å². The summed E-state index contributed by atoms with van der Waals surface area (Å²) in [6.07, 6.45) is 9.50. The van der Waals surface area contributed by atoms with Crippen molar-refractivity contribution in [2.45, 2.75) is 6.92 Å². The van der Waals surface area contributed by atoms with E-state index in [2.05, 4.69) is 39.7 Å². The lowest BCUT2D eigenvalue weighted by Gasteiger charge is -2.04. The van der Waals surface area contributed by atoms with Gasteiger partial charge in [-0.3, -0.25) is 4.98 Å². The van der Waals surface area contributed by atoms with Gasteiger partial charge in [0.1, 0.15) is 0 Å². The van der Waals surface area contributed by atoms with Crippen LogP contribution in [-0.4, -0.2) is 10.9 Å². The smallest absolute Gasteiger partial charge is 0.264 e. The second kappa shape index (κ2) is 7.49. The number of benzene rings is 1. The summed E-state index contributed by atoms with van der Waals surface area (Å²) in [6.45, 7) is 1.57. The highest BCUT2D eigenvalue weighted by molar-refractivity contribution is 14.1. The van der Waals surface area contributed by atoms with Crippen LogP contribution in [-0.2, 0) is 0 Å². The fourth-order valence-electron chi connectivity index (χ4n) is 2.39. The van der Waals surface area contributed by atoms with Crippen molar-refractivity contribution in [2.24, 2.45) is 0 Å². The number of rotatable bonds is 3. The molecule has 0 atom stereocenters. The number of pyridine rings is 2. The number of carbonyl (C=O) groups is 1. The summed E-state index contributed by atoms with van der Waals surface area (Å²) in [5, 5.41) is 0. The average Bonchev–Trinajstić information content (AvgIpc) is 2.62. The van der Waals surface area contributed by atoms with Crippen LogP contribution < -0.4 is 4.57 Å². The predicted octanol–water partition coefficient (Wildman–Crippen LogP) is 4.47. The Balaban J connectivity index is 2.09. The first-order valence-electron chi connectivity index (χ1n) is 7.55. The number of nitrogens with zero attached hydrogens (tertiary/aromatic N) is 2. The van der Waals surface area contributed by atoms with Crippen LogP contribution in [0, 0.1) is 3.70 Å². The molecule has 0 amide bonds. The van der Waals surface area contributed by atoms with E-state index in [-0.39, 0.29) is 5.91 Å². The maximum absolute atomic E-state index is 12.0. The zero-order valence-corrected chi connectivity index (χ0v) is 15.3. The molecule has 0 spiro atoms.